The molecule has 1 aromatic heterocycles. The van der Waals surface area contributed by atoms with Gasteiger partial charge in [-0.05, 0) is 37.6 Å². The molecule has 0 aliphatic heterocycles. The number of aliphatic hydroxyl groups excluding tert-OH is 2. The van der Waals surface area contributed by atoms with Crippen LogP contribution < -0.4 is 0 Å². The largest absolute Gasteiger partial charge is 0.396 e. The number of hydrogen-bond donors (Lipinski definition) is 2. The first-order chi connectivity index (χ1) is 11.8. The molecule has 0 bridgehead atoms. The third-order valence-electron chi connectivity index (χ3n) is 4.34. The van der Waals surface area contributed by atoms with Crippen molar-refractivity contribution in [2.24, 2.45) is 5.41 Å². The van der Waals surface area contributed by atoms with E-state index in [9.17, 15) is 15.0 Å². The van der Waals surface area contributed by atoms with E-state index in [0.717, 1.165) is 17.0 Å². The first-order valence-electron chi connectivity index (χ1n) is 8.35. The average Bonchev–Trinajstić information content (AvgIpc) is 2.91. The van der Waals surface area contributed by atoms with Gasteiger partial charge in [0.1, 0.15) is 0 Å². The van der Waals surface area contributed by atoms with Gasteiger partial charge in [0.25, 0.3) is 5.91 Å². The minimum Gasteiger partial charge on any atom is -0.396 e. The lowest BCUT2D eigenvalue weighted by Gasteiger charge is -2.30. The van der Waals surface area contributed by atoms with Gasteiger partial charge in [-0.25, -0.2) is 0 Å². The van der Waals surface area contributed by atoms with Crippen LogP contribution in [0, 0.1) is 19.3 Å². The molecule has 2 rings (SSSR count). The average molecular weight is 345 g/mol. The Bertz CT molecular complexity index is 735. The van der Waals surface area contributed by atoms with Gasteiger partial charge in [-0.2, -0.15) is 5.10 Å². The molecule has 2 N–H and O–H groups in total. The van der Waals surface area contributed by atoms with Crippen molar-refractivity contribution in [2.75, 3.05) is 26.8 Å². The minimum absolute atomic E-state index is 0.136. The van der Waals surface area contributed by atoms with Crippen LogP contribution in [0.25, 0.3) is 0 Å². The van der Waals surface area contributed by atoms with Crippen LogP contribution in [0.5, 0.6) is 0 Å². The molecule has 1 heterocycles. The second-order valence-electron chi connectivity index (χ2n) is 7.07. The van der Waals surface area contributed by atoms with Gasteiger partial charge < -0.3 is 15.1 Å². The number of rotatable bonds is 7. The van der Waals surface area contributed by atoms with Gasteiger partial charge >= 0.3 is 0 Å². The number of amides is 1. The van der Waals surface area contributed by atoms with Crippen molar-refractivity contribution < 1.29 is 15.0 Å². The van der Waals surface area contributed by atoms with Crippen molar-refractivity contribution >= 4 is 5.91 Å². The quantitative estimate of drug-likeness (QED) is 0.799. The summed E-state index contributed by atoms with van der Waals surface area (Å²) in [5, 5.41) is 23.3. The van der Waals surface area contributed by atoms with Crippen LogP contribution in [-0.4, -0.2) is 57.6 Å². The summed E-state index contributed by atoms with van der Waals surface area (Å²) in [6, 6.07) is 9.49. The number of hydrogen-bond acceptors (Lipinski definition) is 4. The molecule has 0 aliphatic carbocycles. The summed E-state index contributed by atoms with van der Waals surface area (Å²) in [6.45, 7) is 6.23. The molecule has 0 atom stereocenters. The maximum absolute atomic E-state index is 12.7. The van der Waals surface area contributed by atoms with Crippen molar-refractivity contribution in [3.05, 3.63) is 52.8 Å². The Labute approximate surface area is 148 Å². The Morgan fingerprint density at radius 1 is 1.24 bits per heavy atom. The van der Waals surface area contributed by atoms with E-state index in [4.69, 9.17) is 0 Å². The SMILES string of the molecule is Cc1cc(C)n(Cc2cccc(C(=O)N(C)CC(C)(CO)CO)c2)n1. The van der Waals surface area contributed by atoms with Gasteiger partial charge in [0.15, 0.2) is 0 Å². The Morgan fingerprint density at radius 3 is 2.48 bits per heavy atom. The van der Waals surface area contributed by atoms with Crippen molar-refractivity contribution in [3.63, 3.8) is 0 Å². The van der Waals surface area contributed by atoms with E-state index in [1.807, 2.05) is 42.8 Å². The Kier molecular flexibility index (Phi) is 5.98. The summed E-state index contributed by atoms with van der Waals surface area (Å²) in [5.41, 5.74) is 2.91. The van der Waals surface area contributed by atoms with E-state index in [-0.39, 0.29) is 25.7 Å². The van der Waals surface area contributed by atoms with Gasteiger partial charge in [0.05, 0.1) is 25.5 Å². The summed E-state index contributed by atoms with van der Waals surface area (Å²) in [6.07, 6.45) is 0. The molecule has 0 radical (unpaired) electrons. The molecule has 25 heavy (non-hydrogen) atoms. The Morgan fingerprint density at radius 2 is 1.92 bits per heavy atom. The predicted octanol–water partition coefficient (Wildman–Crippen LogP) is 1.61. The van der Waals surface area contributed by atoms with Crippen molar-refractivity contribution in [3.8, 4) is 0 Å². The normalized spacial score (nSPS) is 11.6. The second kappa shape index (κ2) is 7.80. The van der Waals surface area contributed by atoms with Gasteiger partial charge in [0.2, 0.25) is 0 Å². The van der Waals surface area contributed by atoms with Crippen LogP contribution in [0.2, 0.25) is 0 Å². The molecule has 0 aliphatic rings. The second-order valence-corrected chi connectivity index (χ2v) is 7.07. The zero-order valence-electron chi connectivity index (χ0n) is 15.4. The highest BCUT2D eigenvalue weighted by molar-refractivity contribution is 5.94. The molecule has 6 heteroatoms. The highest BCUT2D eigenvalue weighted by atomic mass is 16.3. The summed E-state index contributed by atoms with van der Waals surface area (Å²) in [5.74, 6) is -0.136. The number of nitrogens with zero attached hydrogens (tertiary/aromatic N) is 3. The number of aliphatic hydroxyl groups is 2. The van der Waals surface area contributed by atoms with E-state index < -0.39 is 5.41 Å². The number of aromatic nitrogens is 2. The number of benzene rings is 1. The predicted molar refractivity (Wildman–Crippen MR) is 96.5 cm³/mol. The van der Waals surface area contributed by atoms with Gasteiger partial charge in [-0.15, -0.1) is 0 Å². The standard InChI is InChI=1S/C19H27N3O3/c1-14-8-15(2)22(20-14)10-16-6-5-7-17(9-16)18(25)21(4)11-19(3,12-23)13-24/h5-9,23-24H,10-13H2,1-4H3. The molecule has 1 amide bonds. The molecular weight excluding hydrogens is 318 g/mol. The molecule has 1 aromatic carbocycles. The fourth-order valence-electron chi connectivity index (χ4n) is 2.83. The summed E-state index contributed by atoms with van der Waals surface area (Å²) in [4.78, 5) is 14.2. The van der Waals surface area contributed by atoms with Crippen molar-refractivity contribution in [1.82, 2.24) is 14.7 Å². The highest BCUT2D eigenvalue weighted by Gasteiger charge is 2.27. The van der Waals surface area contributed by atoms with Crippen LogP contribution in [0.4, 0.5) is 0 Å². The van der Waals surface area contributed by atoms with Crippen LogP contribution in [0.1, 0.15) is 34.2 Å². The zero-order chi connectivity index (χ0) is 18.6. The molecule has 0 spiro atoms. The first kappa shape index (κ1) is 19.1. The van der Waals surface area contributed by atoms with Crippen LogP contribution in [-0.2, 0) is 6.54 Å². The number of carbonyl (C=O) groups excluding carboxylic acids is 1. The highest BCUT2D eigenvalue weighted by Crippen LogP contribution is 2.18. The fraction of sp³-hybridized carbons (Fsp3) is 0.474. The van der Waals surface area contributed by atoms with E-state index in [1.54, 1.807) is 20.0 Å². The minimum atomic E-state index is -0.717. The van der Waals surface area contributed by atoms with Gasteiger partial charge in [0, 0.05) is 30.3 Å². The Hall–Kier alpha value is -2.18. The summed E-state index contributed by atoms with van der Waals surface area (Å²) < 4.78 is 1.91. The lowest BCUT2D eigenvalue weighted by Crippen LogP contribution is -2.41. The van der Waals surface area contributed by atoms with Crippen LogP contribution in [0.3, 0.4) is 0 Å². The number of carbonyl (C=O) groups is 1. The molecule has 136 valence electrons. The zero-order valence-corrected chi connectivity index (χ0v) is 15.4. The van der Waals surface area contributed by atoms with Crippen LogP contribution in [0.15, 0.2) is 30.3 Å². The summed E-state index contributed by atoms with van der Waals surface area (Å²) >= 11 is 0. The van der Waals surface area contributed by atoms with E-state index in [0.29, 0.717) is 12.1 Å². The van der Waals surface area contributed by atoms with Gasteiger partial charge in [-0.1, -0.05) is 19.1 Å². The molecule has 6 nitrogen and oxygen atoms in total. The van der Waals surface area contributed by atoms with Gasteiger partial charge in [-0.3, -0.25) is 9.48 Å². The molecule has 0 saturated heterocycles. The molecule has 0 saturated carbocycles. The van der Waals surface area contributed by atoms with Crippen molar-refractivity contribution in [1.29, 1.82) is 0 Å². The topological polar surface area (TPSA) is 78.6 Å². The smallest absolute Gasteiger partial charge is 0.253 e. The van der Waals surface area contributed by atoms with E-state index in [2.05, 4.69) is 5.10 Å². The van der Waals surface area contributed by atoms with E-state index in [1.165, 1.54) is 4.90 Å². The maximum Gasteiger partial charge on any atom is 0.253 e. The third kappa shape index (κ3) is 4.67. The lowest BCUT2D eigenvalue weighted by molar-refractivity contribution is 0.0366. The Balaban J connectivity index is 2.14. The molecule has 2 aromatic rings. The first-order valence-corrected chi connectivity index (χ1v) is 8.35. The molecular formula is C19H27N3O3. The van der Waals surface area contributed by atoms with Crippen molar-refractivity contribution in [2.45, 2.75) is 27.3 Å². The van der Waals surface area contributed by atoms with Crippen LogP contribution >= 0.6 is 0 Å². The molecule has 0 fully saturated rings. The summed E-state index contributed by atoms with van der Waals surface area (Å²) in [7, 11) is 1.68. The lowest BCUT2D eigenvalue weighted by atomic mass is 9.92. The number of aryl methyl sites for hydroxylation is 2. The fourth-order valence-corrected chi connectivity index (χ4v) is 2.83. The monoisotopic (exact) mass is 345 g/mol. The third-order valence-corrected chi connectivity index (χ3v) is 4.34. The van der Waals surface area contributed by atoms with E-state index >= 15 is 0 Å². The maximum atomic E-state index is 12.7. The molecule has 0 unspecified atom stereocenters.